The van der Waals surface area contributed by atoms with Crippen LogP contribution in [0, 0.1) is 5.41 Å². The maximum Gasteiger partial charge on any atom is 0.326 e. The lowest BCUT2D eigenvalue weighted by Crippen LogP contribution is -2.53. The number of rotatable bonds is 7. The molecular formula is C15H30N2O2. The van der Waals surface area contributed by atoms with Crippen molar-refractivity contribution in [3.8, 4) is 0 Å². The Morgan fingerprint density at radius 1 is 1.26 bits per heavy atom. The molecule has 1 aliphatic carbocycles. The summed E-state index contributed by atoms with van der Waals surface area (Å²) in [4.78, 5) is 14.5. The van der Waals surface area contributed by atoms with Crippen molar-refractivity contribution in [2.45, 2.75) is 52.5 Å². The average molecular weight is 270 g/mol. The highest BCUT2D eigenvalue weighted by Crippen LogP contribution is 2.44. The largest absolute Gasteiger partial charge is 0.468 e. The lowest BCUT2D eigenvalue weighted by molar-refractivity contribution is -0.148. The van der Waals surface area contributed by atoms with E-state index in [0.29, 0.717) is 0 Å². The first-order valence-electron chi connectivity index (χ1n) is 7.45. The van der Waals surface area contributed by atoms with E-state index in [1.807, 2.05) is 0 Å². The average Bonchev–Trinajstić information content (AvgIpc) is 2.70. The second-order valence-electron chi connectivity index (χ2n) is 6.37. The molecule has 0 aromatic heterocycles. The van der Waals surface area contributed by atoms with Crippen molar-refractivity contribution in [1.29, 1.82) is 0 Å². The second-order valence-corrected chi connectivity index (χ2v) is 6.37. The van der Waals surface area contributed by atoms with Gasteiger partial charge in [-0.15, -0.1) is 0 Å². The second kappa shape index (κ2) is 6.71. The monoisotopic (exact) mass is 270 g/mol. The molecule has 0 bridgehead atoms. The van der Waals surface area contributed by atoms with Gasteiger partial charge in [0.05, 0.1) is 7.11 Å². The van der Waals surface area contributed by atoms with Crippen LogP contribution in [0.1, 0.15) is 47.0 Å². The number of esters is 1. The number of nitrogens with one attached hydrogen (secondary N) is 1. The number of likely N-dealkylation sites (N-methyl/N-ethyl adjacent to an activating group) is 1. The van der Waals surface area contributed by atoms with Gasteiger partial charge in [-0.2, -0.15) is 0 Å². The van der Waals surface area contributed by atoms with E-state index in [1.54, 1.807) is 0 Å². The fourth-order valence-corrected chi connectivity index (χ4v) is 3.13. The van der Waals surface area contributed by atoms with Crippen molar-refractivity contribution in [3.63, 3.8) is 0 Å². The normalized spacial score (nSPS) is 25.8. The topological polar surface area (TPSA) is 41.6 Å². The van der Waals surface area contributed by atoms with Gasteiger partial charge in [-0.1, -0.05) is 27.7 Å². The zero-order valence-electron chi connectivity index (χ0n) is 13.2. The molecule has 0 radical (unpaired) electrons. The molecule has 1 aliphatic rings. The van der Waals surface area contributed by atoms with Crippen LogP contribution in [0.25, 0.3) is 0 Å². The van der Waals surface area contributed by atoms with Gasteiger partial charge in [0, 0.05) is 13.1 Å². The summed E-state index contributed by atoms with van der Waals surface area (Å²) < 4.78 is 5.03. The molecule has 19 heavy (non-hydrogen) atoms. The minimum atomic E-state index is -0.467. The van der Waals surface area contributed by atoms with E-state index in [-0.39, 0.29) is 11.4 Å². The van der Waals surface area contributed by atoms with E-state index < -0.39 is 5.54 Å². The van der Waals surface area contributed by atoms with E-state index in [9.17, 15) is 4.79 Å². The van der Waals surface area contributed by atoms with Gasteiger partial charge in [0.2, 0.25) is 0 Å². The quantitative estimate of drug-likeness (QED) is 0.719. The summed E-state index contributed by atoms with van der Waals surface area (Å²) in [5.74, 6) is -0.0994. The summed E-state index contributed by atoms with van der Waals surface area (Å²) in [7, 11) is 1.49. The zero-order valence-corrected chi connectivity index (χ0v) is 13.2. The first-order chi connectivity index (χ1) is 8.89. The van der Waals surface area contributed by atoms with E-state index in [4.69, 9.17) is 4.74 Å². The van der Waals surface area contributed by atoms with Crippen molar-refractivity contribution in [2.75, 3.05) is 33.3 Å². The summed E-state index contributed by atoms with van der Waals surface area (Å²) in [5.41, 5.74) is -0.248. The summed E-state index contributed by atoms with van der Waals surface area (Å²) in [6.07, 6.45) is 2.82. The number of carbonyl (C=O) groups excluding carboxylic acids is 1. The molecule has 0 heterocycles. The fourth-order valence-electron chi connectivity index (χ4n) is 3.13. The number of ether oxygens (including phenoxy) is 1. The molecule has 0 aromatic carbocycles. The van der Waals surface area contributed by atoms with E-state index in [1.165, 1.54) is 7.11 Å². The van der Waals surface area contributed by atoms with Crippen LogP contribution in [0.2, 0.25) is 0 Å². The Morgan fingerprint density at radius 2 is 1.89 bits per heavy atom. The van der Waals surface area contributed by atoms with Gasteiger partial charge in [-0.25, -0.2) is 0 Å². The Morgan fingerprint density at radius 3 is 2.32 bits per heavy atom. The molecule has 112 valence electrons. The third-order valence-electron chi connectivity index (χ3n) is 4.37. The zero-order chi connectivity index (χ0) is 14.5. The molecule has 4 nitrogen and oxygen atoms in total. The van der Waals surface area contributed by atoms with Crippen LogP contribution in [0.3, 0.4) is 0 Å². The minimum absolute atomic E-state index is 0.0994. The minimum Gasteiger partial charge on any atom is -0.468 e. The first kappa shape index (κ1) is 16.4. The van der Waals surface area contributed by atoms with Crippen LogP contribution in [-0.2, 0) is 9.53 Å². The van der Waals surface area contributed by atoms with Crippen LogP contribution in [0.4, 0.5) is 0 Å². The van der Waals surface area contributed by atoms with Crippen molar-refractivity contribution >= 4 is 5.97 Å². The van der Waals surface area contributed by atoms with Crippen molar-refractivity contribution in [1.82, 2.24) is 10.2 Å². The molecule has 1 saturated carbocycles. The molecule has 1 unspecified atom stereocenters. The predicted molar refractivity (Wildman–Crippen MR) is 78.2 cm³/mol. The Bertz CT molecular complexity index is 301. The number of nitrogens with zero attached hydrogens (tertiary/aromatic N) is 1. The third kappa shape index (κ3) is 4.18. The fraction of sp³-hybridized carbons (Fsp3) is 0.933. The van der Waals surface area contributed by atoms with Crippen molar-refractivity contribution in [3.05, 3.63) is 0 Å². The molecule has 4 heteroatoms. The number of carbonyl (C=O) groups is 1. The van der Waals surface area contributed by atoms with Crippen LogP contribution < -0.4 is 5.32 Å². The van der Waals surface area contributed by atoms with E-state index >= 15 is 0 Å². The van der Waals surface area contributed by atoms with Crippen LogP contribution in [-0.4, -0.2) is 49.7 Å². The van der Waals surface area contributed by atoms with Crippen LogP contribution in [0.15, 0.2) is 0 Å². The molecule has 1 N–H and O–H groups in total. The standard InChI is InChI=1S/C15H30N2O2/c1-6-17(7-2)11-10-16-15(13(18)19-5)9-8-14(3,4)12-15/h16H,6-12H2,1-5H3. The summed E-state index contributed by atoms with van der Waals surface area (Å²) in [6, 6.07) is 0. The van der Waals surface area contributed by atoms with Gasteiger partial charge in [0.1, 0.15) is 5.54 Å². The van der Waals surface area contributed by atoms with Gasteiger partial charge in [0.15, 0.2) is 0 Å². The Kier molecular flexibility index (Phi) is 5.81. The highest BCUT2D eigenvalue weighted by Gasteiger charge is 2.49. The third-order valence-corrected chi connectivity index (χ3v) is 4.37. The predicted octanol–water partition coefficient (Wildman–Crippen LogP) is 2.04. The molecule has 0 spiro atoms. The Labute approximate surface area is 117 Å². The van der Waals surface area contributed by atoms with Gasteiger partial charge in [-0.05, 0) is 37.8 Å². The highest BCUT2D eigenvalue weighted by molar-refractivity contribution is 5.81. The lowest BCUT2D eigenvalue weighted by Gasteiger charge is -2.30. The molecule has 0 amide bonds. The van der Waals surface area contributed by atoms with Gasteiger partial charge in [0.25, 0.3) is 0 Å². The molecule has 1 fully saturated rings. The van der Waals surface area contributed by atoms with Crippen LogP contribution >= 0.6 is 0 Å². The molecule has 1 atom stereocenters. The van der Waals surface area contributed by atoms with E-state index in [0.717, 1.165) is 45.4 Å². The number of methoxy groups -OCH3 is 1. The summed E-state index contributed by atoms with van der Waals surface area (Å²) in [5, 5.41) is 3.48. The maximum atomic E-state index is 12.1. The molecule has 0 saturated heterocycles. The Balaban J connectivity index is 2.60. The SMILES string of the molecule is CCN(CC)CCNC1(C(=O)OC)CCC(C)(C)C1. The molecule has 0 aromatic rings. The molecular weight excluding hydrogens is 240 g/mol. The Hall–Kier alpha value is -0.610. The van der Waals surface area contributed by atoms with Gasteiger partial charge in [-0.3, -0.25) is 4.79 Å². The first-order valence-corrected chi connectivity index (χ1v) is 7.45. The van der Waals surface area contributed by atoms with Gasteiger partial charge >= 0.3 is 5.97 Å². The number of hydrogen-bond acceptors (Lipinski definition) is 4. The lowest BCUT2D eigenvalue weighted by atomic mass is 9.87. The van der Waals surface area contributed by atoms with E-state index in [2.05, 4.69) is 37.9 Å². The molecule has 0 aliphatic heterocycles. The summed E-state index contributed by atoms with van der Waals surface area (Å²) >= 11 is 0. The van der Waals surface area contributed by atoms with Gasteiger partial charge < -0.3 is 15.0 Å². The van der Waals surface area contributed by atoms with Crippen molar-refractivity contribution in [2.24, 2.45) is 5.41 Å². The molecule has 1 rings (SSSR count). The highest BCUT2D eigenvalue weighted by atomic mass is 16.5. The number of hydrogen-bond donors (Lipinski definition) is 1. The maximum absolute atomic E-state index is 12.1. The summed E-state index contributed by atoms with van der Waals surface area (Å²) in [6.45, 7) is 12.7. The smallest absolute Gasteiger partial charge is 0.326 e. The van der Waals surface area contributed by atoms with Crippen LogP contribution in [0.5, 0.6) is 0 Å². The van der Waals surface area contributed by atoms with Crippen molar-refractivity contribution < 1.29 is 9.53 Å².